The summed E-state index contributed by atoms with van der Waals surface area (Å²) in [6, 6.07) is 0. The Hall–Kier alpha value is -1.70. The molecule has 0 bridgehead atoms. The number of hydrogen-bond donors (Lipinski definition) is 2. The molecule has 0 saturated carbocycles. The van der Waals surface area contributed by atoms with Crippen LogP contribution in [0, 0.1) is 0 Å². The zero-order valence-electron chi connectivity index (χ0n) is 22.5. The summed E-state index contributed by atoms with van der Waals surface area (Å²) in [5, 5.41) is 14.2. The first-order chi connectivity index (χ1) is 17.3. The van der Waals surface area contributed by atoms with Gasteiger partial charge < -0.3 is 0 Å². The molecule has 1 saturated heterocycles. The normalized spacial score (nSPS) is 24.5. The van der Waals surface area contributed by atoms with E-state index in [9.17, 15) is 14.7 Å². The van der Waals surface area contributed by atoms with Crippen LogP contribution in [0.3, 0.4) is 0 Å². The molecular formula is C30H45NO4Sn. The molecule has 2 N–H and O–H groups in total. The van der Waals surface area contributed by atoms with Gasteiger partial charge in [-0.2, -0.15) is 0 Å². The van der Waals surface area contributed by atoms with E-state index in [0.717, 1.165) is 0 Å². The molecule has 2 aliphatic rings. The van der Waals surface area contributed by atoms with E-state index < -0.39 is 42.1 Å². The van der Waals surface area contributed by atoms with Gasteiger partial charge in [-0.1, -0.05) is 18.2 Å². The molecule has 1 aliphatic carbocycles. The van der Waals surface area contributed by atoms with E-state index in [-0.39, 0.29) is 11.5 Å². The van der Waals surface area contributed by atoms with Gasteiger partial charge in [0.15, 0.2) is 0 Å². The SMILES string of the molecule is C/C=C/C=C/C=C/C=C/C(=O)NC1=C[C@@](O)(/C=[CH]/[Sn]([CH2]CCC)([CH2]CCC)[CH2]CCC)[C@@H]2O[C@@H]2C1=O. The van der Waals surface area contributed by atoms with Gasteiger partial charge in [-0.3, -0.25) is 0 Å². The standard InChI is InChI=1S/C18H18NO4.3C4H9.Sn/c1-3-5-6-7-8-9-10-11-14(20)19-13-12-18(22,4-2)17-16(23-17)15(13)21;3*1-3-4-2;/h2-12,16-17,22H,1H3,(H,19,20);3*1,3-4H2,2H3;/b4-2?,5-3+,7-6+,9-8+,11-10+;;;;/t16-,17-,18+;;;;/m1..../s1. The summed E-state index contributed by atoms with van der Waals surface area (Å²) in [6.45, 7) is 8.66. The second kappa shape index (κ2) is 15.5. The first-order valence-electron chi connectivity index (χ1n) is 13.6. The molecule has 6 heteroatoms. The van der Waals surface area contributed by atoms with Gasteiger partial charge in [0.25, 0.3) is 0 Å². The zero-order valence-corrected chi connectivity index (χ0v) is 25.4. The predicted octanol–water partition coefficient (Wildman–Crippen LogP) is 6.26. The molecule has 0 spiro atoms. The molecule has 36 heavy (non-hydrogen) atoms. The van der Waals surface area contributed by atoms with Gasteiger partial charge in [0, 0.05) is 0 Å². The zero-order chi connectivity index (χ0) is 26.4. The van der Waals surface area contributed by atoms with Crippen LogP contribution in [0.5, 0.6) is 0 Å². The average Bonchev–Trinajstić information content (AvgIpc) is 3.68. The predicted molar refractivity (Wildman–Crippen MR) is 151 cm³/mol. The van der Waals surface area contributed by atoms with Crippen LogP contribution in [0.2, 0.25) is 13.3 Å². The summed E-state index contributed by atoms with van der Waals surface area (Å²) in [4.78, 5) is 25.1. The maximum absolute atomic E-state index is 12.7. The molecule has 198 valence electrons. The van der Waals surface area contributed by atoms with Crippen molar-refractivity contribution >= 4 is 30.1 Å². The monoisotopic (exact) mass is 603 g/mol. The van der Waals surface area contributed by atoms with Gasteiger partial charge >= 0.3 is 198 Å². The number of aliphatic hydroxyl groups is 1. The van der Waals surface area contributed by atoms with E-state index in [4.69, 9.17) is 4.74 Å². The van der Waals surface area contributed by atoms with E-state index >= 15 is 0 Å². The first-order valence-corrected chi connectivity index (χ1v) is 21.3. The Morgan fingerprint density at radius 2 is 1.56 bits per heavy atom. The van der Waals surface area contributed by atoms with Gasteiger partial charge in [-0.15, -0.1) is 0 Å². The van der Waals surface area contributed by atoms with Crippen LogP contribution >= 0.6 is 0 Å². The fourth-order valence-electron chi connectivity index (χ4n) is 4.65. The number of hydrogen-bond acceptors (Lipinski definition) is 4. The van der Waals surface area contributed by atoms with Gasteiger partial charge in [-0.05, 0) is 6.92 Å². The van der Waals surface area contributed by atoms with Crippen molar-refractivity contribution in [3.8, 4) is 0 Å². The van der Waals surface area contributed by atoms with Crippen LogP contribution in [0.15, 0.2) is 70.5 Å². The van der Waals surface area contributed by atoms with Crippen molar-refractivity contribution < 1.29 is 19.4 Å². The van der Waals surface area contributed by atoms with Crippen molar-refractivity contribution in [1.29, 1.82) is 0 Å². The number of Topliss-reactive ketones (excluding diaryl/α,β-unsaturated/α-hetero) is 1. The summed E-state index contributed by atoms with van der Waals surface area (Å²) in [6.07, 6.45) is 23.5. The average molecular weight is 602 g/mol. The molecule has 1 heterocycles. The van der Waals surface area contributed by atoms with Crippen molar-refractivity contribution in [3.05, 3.63) is 70.5 Å². The van der Waals surface area contributed by atoms with Crippen LogP contribution in [-0.2, 0) is 14.3 Å². The molecule has 2 rings (SSSR count). The van der Waals surface area contributed by atoms with Crippen LogP contribution in [-0.4, -0.2) is 53.0 Å². The molecular weight excluding hydrogens is 557 g/mol. The molecule has 0 aromatic carbocycles. The molecule has 0 radical (unpaired) electrons. The number of nitrogens with one attached hydrogen (secondary N) is 1. The third-order valence-electron chi connectivity index (χ3n) is 6.89. The molecule has 0 aromatic rings. The van der Waals surface area contributed by atoms with Crippen molar-refractivity contribution in [2.45, 2.75) is 97.3 Å². The maximum atomic E-state index is 12.7. The molecule has 3 atom stereocenters. The third kappa shape index (κ3) is 9.31. The number of ketones is 1. The molecule has 0 unspecified atom stereocenters. The van der Waals surface area contributed by atoms with Crippen molar-refractivity contribution in [3.63, 3.8) is 0 Å². The summed E-state index contributed by atoms with van der Waals surface area (Å²) >= 11 is -2.63. The van der Waals surface area contributed by atoms with E-state index in [1.54, 1.807) is 12.2 Å². The van der Waals surface area contributed by atoms with Crippen LogP contribution in [0.25, 0.3) is 0 Å². The second-order valence-electron chi connectivity index (χ2n) is 9.94. The number of carbonyl (C=O) groups excluding carboxylic acids is 2. The number of fused-ring (bicyclic) bond motifs is 1. The number of allylic oxidation sites excluding steroid dienone is 7. The van der Waals surface area contributed by atoms with Gasteiger partial charge in [-0.25, -0.2) is 0 Å². The third-order valence-corrected chi connectivity index (χ3v) is 20.9. The van der Waals surface area contributed by atoms with Crippen LogP contribution in [0.1, 0.15) is 66.2 Å². The summed E-state index contributed by atoms with van der Waals surface area (Å²) in [5.74, 6) is -0.688. The Bertz CT molecular complexity index is 892. The first kappa shape index (κ1) is 30.5. The molecule has 5 nitrogen and oxygen atoms in total. The Morgan fingerprint density at radius 1 is 1.00 bits per heavy atom. The van der Waals surface area contributed by atoms with E-state index in [0.29, 0.717) is 0 Å². The van der Waals surface area contributed by atoms with Gasteiger partial charge in [0.1, 0.15) is 0 Å². The van der Waals surface area contributed by atoms with Gasteiger partial charge in [0.05, 0.1) is 0 Å². The quantitative estimate of drug-likeness (QED) is 0.0947. The fraction of sp³-hybridized carbons (Fsp3) is 0.533. The number of amides is 1. The Labute approximate surface area is 222 Å². The molecule has 1 amide bonds. The van der Waals surface area contributed by atoms with Crippen LogP contribution < -0.4 is 5.32 Å². The van der Waals surface area contributed by atoms with Crippen LogP contribution in [0.4, 0.5) is 0 Å². The molecule has 1 fully saturated rings. The Morgan fingerprint density at radius 3 is 2.11 bits per heavy atom. The van der Waals surface area contributed by atoms with Crippen molar-refractivity contribution in [2.24, 2.45) is 0 Å². The summed E-state index contributed by atoms with van der Waals surface area (Å²) < 4.78 is 11.9. The number of rotatable bonds is 16. The minimum absolute atomic E-state index is 0.115. The van der Waals surface area contributed by atoms with Gasteiger partial charge in [0.2, 0.25) is 0 Å². The fourth-order valence-corrected chi connectivity index (χ4v) is 19.0. The Kier molecular flexibility index (Phi) is 13.2. The molecule has 1 aliphatic heterocycles. The summed E-state index contributed by atoms with van der Waals surface area (Å²) in [7, 11) is 0. The van der Waals surface area contributed by atoms with Crippen molar-refractivity contribution in [2.75, 3.05) is 0 Å². The van der Waals surface area contributed by atoms with E-state index in [1.807, 2.05) is 43.4 Å². The number of ether oxygens (including phenoxy) is 1. The molecule has 0 aromatic heterocycles. The Balaban J connectivity index is 2.20. The second-order valence-corrected chi connectivity index (χ2v) is 22.9. The minimum atomic E-state index is -2.63. The number of epoxide rings is 1. The van der Waals surface area contributed by atoms with E-state index in [1.165, 1.54) is 64.0 Å². The van der Waals surface area contributed by atoms with Crippen molar-refractivity contribution in [1.82, 2.24) is 5.32 Å². The summed E-state index contributed by atoms with van der Waals surface area (Å²) in [5.41, 5.74) is -1.25. The number of carbonyl (C=O) groups is 2. The number of unbranched alkanes of at least 4 members (excludes halogenated alkanes) is 3. The topological polar surface area (TPSA) is 78.9 Å². The van der Waals surface area contributed by atoms with E-state index in [2.05, 4.69) is 30.2 Å².